The fourth-order valence-electron chi connectivity index (χ4n) is 0.646. The van der Waals surface area contributed by atoms with Gasteiger partial charge in [0.2, 0.25) is 5.44 Å². The molecule has 1 aromatic heterocycles. The van der Waals surface area contributed by atoms with E-state index in [1.165, 1.54) is 16.7 Å². The first kappa shape index (κ1) is 9.59. The minimum absolute atomic E-state index is 0.0417. The molecule has 0 amide bonds. The topological polar surface area (TPSA) is 87.5 Å². The summed E-state index contributed by atoms with van der Waals surface area (Å²) < 4.78 is 29.3. The average molecular weight is 209 g/mol. The van der Waals surface area contributed by atoms with Gasteiger partial charge in [-0.1, -0.05) is 0 Å². The van der Waals surface area contributed by atoms with Crippen LogP contribution < -0.4 is 0 Å². The van der Waals surface area contributed by atoms with Crippen molar-refractivity contribution in [1.82, 2.24) is 4.98 Å². The molecule has 1 atom stereocenters. The molecule has 0 bridgehead atoms. The van der Waals surface area contributed by atoms with E-state index in [4.69, 9.17) is 9.66 Å². The Balaban J connectivity index is 3.01. The van der Waals surface area contributed by atoms with Crippen molar-refractivity contribution in [3.63, 3.8) is 0 Å². The van der Waals surface area contributed by atoms with Gasteiger partial charge < -0.3 is 5.11 Å². The van der Waals surface area contributed by atoms with Crippen LogP contribution >= 0.6 is 11.3 Å². The van der Waals surface area contributed by atoms with Crippen molar-refractivity contribution in [1.29, 1.82) is 0 Å². The maximum absolute atomic E-state index is 10.4. The second-order valence-corrected chi connectivity index (χ2v) is 4.70. The number of thiazole rings is 1. The molecule has 0 aromatic carbocycles. The molecule has 1 rings (SSSR count). The molecular formula is C5H7NO4S2. The number of hydrogen-bond donors (Lipinski definition) is 2. The molecule has 12 heavy (non-hydrogen) atoms. The smallest absolute Gasteiger partial charge is 0.298 e. The molecular weight excluding hydrogens is 202 g/mol. The molecule has 1 heterocycles. The number of aromatic nitrogens is 1. The highest BCUT2D eigenvalue weighted by Crippen LogP contribution is 2.19. The molecule has 68 valence electrons. The minimum Gasteiger partial charge on any atom is -0.370 e. The minimum atomic E-state index is -4.44. The Hall–Kier alpha value is -0.500. The maximum Gasteiger partial charge on any atom is 0.298 e. The summed E-state index contributed by atoms with van der Waals surface area (Å²) >= 11 is 1.20. The van der Waals surface area contributed by atoms with Crippen molar-refractivity contribution in [3.05, 3.63) is 16.1 Å². The highest BCUT2D eigenvalue weighted by Gasteiger charge is 2.23. The zero-order valence-corrected chi connectivity index (χ0v) is 7.76. The van der Waals surface area contributed by atoms with E-state index >= 15 is 0 Å². The van der Waals surface area contributed by atoms with Crippen LogP contribution in [0.4, 0.5) is 0 Å². The van der Waals surface area contributed by atoms with Crippen molar-refractivity contribution in [2.75, 3.05) is 0 Å². The SMILES string of the molecule is Cc1nc(C(O)S(=O)(=O)O)cs1. The van der Waals surface area contributed by atoms with Gasteiger partial charge in [0.25, 0.3) is 10.1 Å². The average Bonchev–Trinajstić information content (AvgIpc) is 2.32. The fourth-order valence-corrected chi connectivity index (χ4v) is 1.79. The predicted molar refractivity (Wildman–Crippen MR) is 43.4 cm³/mol. The lowest BCUT2D eigenvalue weighted by Crippen LogP contribution is -2.11. The third kappa shape index (κ3) is 2.01. The van der Waals surface area contributed by atoms with Crippen molar-refractivity contribution in [3.8, 4) is 0 Å². The van der Waals surface area contributed by atoms with Gasteiger partial charge in [-0.05, 0) is 6.92 Å². The number of nitrogens with zero attached hydrogens (tertiary/aromatic N) is 1. The lowest BCUT2D eigenvalue weighted by Gasteiger charge is -2.01. The Morgan fingerprint density at radius 2 is 2.25 bits per heavy atom. The van der Waals surface area contributed by atoms with Crippen LogP contribution in [0, 0.1) is 6.92 Å². The molecule has 1 aromatic rings. The van der Waals surface area contributed by atoms with Crippen LogP contribution in [0.2, 0.25) is 0 Å². The number of aliphatic hydroxyl groups excluding tert-OH is 1. The van der Waals surface area contributed by atoms with Crippen LogP contribution in [0.3, 0.4) is 0 Å². The highest BCUT2D eigenvalue weighted by molar-refractivity contribution is 7.85. The third-order valence-electron chi connectivity index (χ3n) is 1.17. The summed E-state index contributed by atoms with van der Waals surface area (Å²) in [4.78, 5) is 3.71. The van der Waals surface area contributed by atoms with Crippen LogP contribution in [0.1, 0.15) is 16.1 Å². The molecule has 2 N–H and O–H groups in total. The summed E-state index contributed by atoms with van der Waals surface area (Å²) in [5, 5.41) is 11.0. The van der Waals surface area contributed by atoms with Gasteiger partial charge in [-0.15, -0.1) is 11.3 Å². The van der Waals surface area contributed by atoms with Gasteiger partial charge in [0.05, 0.1) is 10.7 Å². The van der Waals surface area contributed by atoms with Crippen molar-refractivity contribution >= 4 is 21.5 Å². The molecule has 0 aliphatic heterocycles. The molecule has 1 unspecified atom stereocenters. The Morgan fingerprint density at radius 3 is 2.58 bits per heavy atom. The first-order valence-corrected chi connectivity index (χ1v) is 5.36. The lowest BCUT2D eigenvalue weighted by atomic mass is 10.5. The normalized spacial score (nSPS) is 14.6. The van der Waals surface area contributed by atoms with E-state index in [0.717, 1.165) is 0 Å². The van der Waals surface area contributed by atoms with E-state index < -0.39 is 15.6 Å². The van der Waals surface area contributed by atoms with Crippen LogP contribution in [0.15, 0.2) is 5.38 Å². The van der Waals surface area contributed by atoms with E-state index in [2.05, 4.69) is 4.98 Å². The second kappa shape index (κ2) is 3.09. The summed E-state index contributed by atoms with van der Waals surface area (Å²) in [5.41, 5.74) is -1.97. The lowest BCUT2D eigenvalue weighted by molar-refractivity contribution is 0.234. The molecule has 0 saturated carbocycles. The molecule has 0 aliphatic carbocycles. The van der Waals surface area contributed by atoms with Gasteiger partial charge in [-0.2, -0.15) is 8.42 Å². The molecule has 7 heteroatoms. The molecule has 5 nitrogen and oxygen atoms in total. The zero-order valence-electron chi connectivity index (χ0n) is 6.13. The summed E-state index contributed by atoms with van der Waals surface area (Å²) in [6.07, 6.45) is 0. The first-order valence-electron chi connectivity index (χ1n) is 2.97. The van der Waals surface area contributed by atoms with Crippen LogP contribution in [0.5, 0.6) is 0 Å². The van der Waals surface area contributed by atoms with Crippen LogP contribution in [-0.4, -0.2) is 23.1 Å². The van der Waals surface area contributed by atoms with Crippen molar-refractivity contribution in [2.45, 2.75) is 12.4 Å². The standard InChI is InChI=1S/C5H7NO4S2/c1-3-6-4(2-11-3)5(7)12(8,9)10/h2,5,7H,1H3,(H,8,9,10). The molecule has 0 fully saturated rings. The summed E-state index contributed by atoms with van der Waals surface area (Å²) in [7, 11) is -4.44. The second-order valence-electron chi connectivity index (χ2n) is 2.16. The van der Waals surface area contributed by atoms with Gasteiger partial charge in [0.15, 0.2) is 0 Å². The van der Waals surface area contributed by atoms with E-state index in [1.54, 1.807) is 6.92 Å². The first-order chi connectivity index (χ1) is 5.41. The molecule has 0 aliphatic rings. The highest BCUT2D eigenvalue weighted by atomic mass is 32.2. The largest absolute Gasteiger partial charge is 0.370 e. The molecule has 0 radical (unpaired) electrons. The van der Waals surface area contributed by atoms with Gasteiger partial charge >= 0.3 is 0 Å². The Bertz CT molecular complexity index is 369. The van der Waals surface area contributed by atoms with Crippen LogP contribution in [-0.2, 0) is 10.1 Å². The Kier molecular flexibility index (Phi) is 2.47. The third-order valence-corrected chi connectivity index (χ3v) is 2.77. The van der Waals surface area contributed by atoms with E-state index in [0.29, 0.717) is 5.01 Å². The maximum atomic E-state index is 10.4. The molecule has 0 spiro atoms. The fraction of sp³-hybridized carbons (Fsp3) is 0.400. The number of hydrogen-bond acceptors (Lipinski definition) is 5. The predicted octanol–water partition coefficient (Wildman–Crippen LogP) is 0.330. The van der Waals surface area contributed by atoms with E-state index in [9.17, 15) is 8.42 Å². The van der Waals surface area contributed by atoms with E-state index in [1.807, 2.05) is 0 Å². The Labute approximate surface area is 73.4 Å². The summed E-state index contributed by atoms with van der Waals surface area (Å²) in [5.74, 6) is 0. The summed E-state index contributed by atoms with van der Waals surface area (Å²) in [6, 6.07) is 0. The van der Waals surface area contributed by atoms with Crippen molar-refractivity contribution in [2.24, 2.45) is 0 Å². The van der Waals surface area contributed by atoms with Gasteiger partial charge in [-0.25, -0.2) is 4.98 Å². The zero-order chi connectivity index (χ0) is 9.35. The van der Waals surface area contributed by atoms with E-state index in [-0.39, 0.29) is 5.69 Å². The number of aryl methyl sites for hydroxylation is 1. The molecule has 0 saturated heterocycles. The van der Waals surface area contributed by atoms with Gasteiger partial charge in [0, 0.05) is 5.38 Å². The van der Waals surface area contributed by atoms with Gasteiger partial charge in [-0.3, -0.25) is 4.55 Å². The van der Waals surface area contributed by atoms with Gasteiger partial charge in [0.1, 0.15) is 0 Å². The monoisotopic (exact) mass is 209 g/mol. The summed E-state index contributed by atoms with van der Waals surface area (Å²) in [6.45, 7) is 1.67. The quantitative estimate of drug-likeness (QED) is 0.685. The number of rotatable bonds is 2. The van der Waals surface area contributed by atoms with Crippen LogP contribution in [0.25, 0.3) is 0 Å². The van der Waals surface area contributed by atoms with Crippen molar-refractivity contribution < 1.29 is 18.1 Å². The Morgan fingerprint density at radius 1 is 1.67 bits per heavy atom. The number of aliphatic hydroxyl groups is 1.